The third-order valence-electron chi connectivity index (χ3n) is 3.68. The summed E-state index contributed by atoms with van der Waals surface area (Å²) in [5.41, 5.74) is 2.59. The molecule has 0 bridgehead atoms. The van der Waals surface area contributed by atoms with Crippen molar-refractivity contribution in [1.29, 1.82) is 0 Å². The summed E-state index contributed by atoms with van der Waals surface area (Å²) in [5, 5.41) is 3.35. The lowest BCUT2D eigenvalue weighted by molar-refractivity contribution is -0.0160. The van der Waals surface area contributed by atoms with Gasteiger partial charge in [-0.3, -0.25) is 0 Å². The van der Waals surface area contributed by atoms with Crippen LogP contribution in [0.2, 0.25) is 0 Å². The quantitative estimate of drug-likeness (QED) is 0.868. The van der Waals surface area contributed by atoms with Gasteiger partial charge in [0.05, 0.1) is 5.60 Å². The summed E-state index contributed by atoms with van der Waals surface area (Å²) in [4.78, 5) is 0. The largest absolute Gasteiger partial charge is 0.490 e. The lowest BCUT2D eigenvalue weighted by Gasteiger charge is -2.23. The molecule has 3 rings (SSSR count). The summed E-state index contributed by atoms with van der Waals surface area (Å²) < 4.78 is 11.7. The zero-order valence-electron chi connectivity index (χ0n) is 10.3. The molecule has 0 amide bonds. The molecule has 3 nitrogen and oxygen atoms in total. The Morgan fingerprint density at radius 2 is 2.35 bits per heavy atom. The Labute approximate surface area is 102 Å². The van der Waals surface area contributed by atoms with Crippen LogP contribution in [0.5, 0.6) is 5.75 Å². The SMILES string of the molecule is CC1(COc2cccc3c2CNC3)CCCO1. The number of nitrogens with one attached hydrogen (secondary N) is 1. The molecule has 0 radical (unpaired) electrons. The standard InChI is InChI=1S/C14H19NO2/c1-14(6-3-7-17-14)10-16-13-5-2-4-11-8-15-9-12(11)13/h2,4-5,15H,3,6-10H2,1H3. The summed E-state index contributed by atoms with van der Waals surface area (Å²) >= 11 is 0. The summed E-state index contributed by atoms with van der Waals surface area (Å²) in [6.07, 6.45) is 2.24. The summed E-state index contributed by atoms with van der Waals surface area (Å²) in [7, 11) is 0. The second-order valence-corrected chi connectivity index (χ2v) is 5.19. The Bertz CT molecular complexity index is 411. The molecule has 1 aromatic rings. The maximum Gasteiger partial charge on any atom is 0.124 e. The predicted octanol–water partition coefficient (Wildman–Crippen LogP) is 2.24. The molecule has 0 aromatic heterocycles. The van der Waals surface area contributed by atoms with E-state index in [1.165, 1.54) is 11.1 Å². The van der Waals surface area contributed by atoms with Crippen molar-refractivity contribution in [2.75, 3.05) is 13.2 Å². The fourth-order valence-corrected chi connectivity index (χ4v) is 2.62. The fourth-order valence-electron chi connectivity index (χ4n) is 2.62. The highest BCUT2D eigenvalue weighted by atomic mass is 16.5. The van der Waals surface area contributed by atoms with E-state index in [2.05, 4.69) is 30.4 Å². The van der Waals surface area contributed by atoms with Gasteiger partial charge in [0.1, 0.15) is 12.4 Å². The van der Waals surface area contributed by atoms with Crippen molar-refractivity contribution in [3.63, 3.8) is 0 Å². The van der Waals surface area contributed by atoms with Gasteiger partial charge in [-0.15, -0.1) is 0 Å². The van der Waals surface area contributed by atoms with Gasteiger partial charge in [0.25, 0.3) is 0 Å². The van der Waals surface area contributed by atoms with Gasteiger partial charge in [0, 0.05) is 25.3 Å². The molecular weight excluding hydrogens is 214 g/mol. The monoisotopic (exact) mass is 233 g/mol. The Kier molecular flexibility index (Phi) is 2.81. The van der Waals surface area contributed by atoms with Crippen LogP contribution in [-0.2, 0) is 17.8 Å². The summed E-state index contributed by atoms with van der Waals surface area (Å²) in [6.45, 7) is 5.54. The first-order valence-corrected chi connectivity index (χ1v) is 6.35. The van der Waals surface area contributed by atoms with E-state index in [0.717, 1.165) is 38.3 Å². The van der Waals surface area contributed by atoms with Crippen LogP contribution in [0.1, 0.15) is 30.9 Å². The number of hydrogen-bond acceptors (Lipinski definition) is 3. The van der Waals surface area contributed by atoms with Crippen LogP contribution in [-0.4, -0.2) is 18.8 Å². The molecule has 0 spiro atoms. The van der Waals surface area contributed by atoms with Gasteiger partial charge < -0.3 is 14.8 Å². The second-order valence-electron chi connectivity index (χ2n) is 5.19. The number of hydrogen-bond donors (Lipinski definition) is 1. The molecule has 0 aliphatic carbocycles. The second kappa shape index (κ2) is 4.31. The van der Waals surface area contributed by atoms with E-state index in [1.54, 1.807) is 0 Å². The third kappa shape index (κ3) is 2.17. The predicted molar refractivity (Wildman–Crippen MR) is 66.1 cm³/mol. The van der Waals surface area contributed by atoms with E-state index < -0.39 is 0 Å². The van der Waals surface area contributed by atoms with Crippen molar-refractivity contribution in [1.82, 2.24) is 5.32 Å². The highest BCUT2D eigenvalue weighted by Gasteiger charge is 2.31. The molecule has 1 N–H and O–H groups in total. The van der Waals surface area contributed by atoms with E-state index in [4.69, 9.17) is 9.47 Å². The number of ether oxygens (including phenoxy) is 2. The van der Waals surface area contributed by atoms with Crippen molar-refractivity contribution in [3.8, 4) is 5.75 Å². The molecule has 92 valence electrons. The molecule has 1 fully saturated rings. The van der Waals surface area contributed by atoms with E-state index in [9.17, 15) is 0 Å². The molecule has 1 aromatic carbocycles. The van der Waals surface area contributed by atoms with Gasteiger partial charge >= 0.3 is 0 Å². The van der Waals surface area contributed by atoms with Crippen molar-refractivity contribution in [2.24, 2.45) is 0 Å². The van der Waals surface area contributed by atoms with Gasteiger partial charge in [-0.25, -0.2) is 0 Å². The zero-order chi connectivity index (χ0) is 11.7. The minimum atomic E-state index is -0.0885. The smallest absolute Gasteiger partial charge is 0.124 e. The lowest BCUT2D eigenvalue weighted by Crippen LogP contribution is -2.31. The van der Waals surface area contributed by atoms with Gasteiger partial charge in [0.15, 0.2) is 0 Å². The first-order chi connectivity index (χ1) is 8.27. The van der Waals surface area contributed by atoms with E-state index >= 15 is 0 Å². The Balaban J connectivity index is 1.71. The topological polar surface area (TPSA) is 30.5 Å². The molecule has 2 heterocycles. The average molecular weight is 233 g/mol. The Morgan fingerprint density at radius 1 is 1.41 bits per heavy atom. The average Bonchev–Trinajstić information content (AvgIpc) is 2.95. The minimum absolute atomic E-state index is 0.0885. The molecule has 2 aliphatic heterocycles. The van der Waals surface area contributed by atoms with Crippen LogP contribution < -0.4 is 10.1 Å². The van der Waals surface area contributed by atoms with Gasteiger partial charge in [-0.1, -0.05) is 12.1 Å². The molecule has 17 heavy (non-hydrogen) atoms. The number of rotatable bonds is 3. The van der Waals surface area contributed by atoms with Crippen LogP contribution >= 0.6 is 0 Å². The number of benzene rings is 1. The van der Waals surface area contributed by atoms with Crippen LogP contribution in [0, 0.1) is 0 Å². The Hall–Kier alpha value is -1.06. The third-order valence-corrected chi connectivity index (χ3v) is 3.68. The first-order valence-electron chi connectivity index (χ1n) is 6.35. The molecule has 1 atom stereocenters. The molecule has 2 aliphatic rings. The van der Waals surface area contributed by atoms with Crippen LogP contribution in [0.4, 0.5) is 0 Å². The van der Waals surface area contributed by atoms with Crippen molar-refractivity contribution < 1.29 is 9.47 Å². The molecule has 1 unspecified atom stereocenters. The molecule has 3 heteroatoms. The van der Waals surface area contributed by atoms with Gasteiger partial charge in [-0.05, 0) is 31.4 Å². The van der Waals surface area contributed by atoms with E-state index in [-0.39, 0.29) is 5.60 Å². The summed E-state index contributed by atoms with van der Waals surface area (Å²) in [6, 6.07) is 6.29. The normalized spacial score (nSPS) is 27.1. The van der Waals surface area contributed by atoms with Gasteiger partial charge in [0.2, 0.25) is 0 Å². The highest BCUT2D eigenvalue weighted by Crippen LogP contribution is 2.30. The fraction of sp³-hybridized carbons (Fsp3) is 0.571. The number of fused-ring (bicyclic) bond motifs is 1. The minimum Gasteiger partial charge on any atom is -0.490 e. The van der Waals surface area contributed by atoms with Crippen molar-refractivity contribution in [3.05, 3.63) is 29.3 Å². The highest BCUT2D eigenvalue weighted by molar-refractivity contribution is 5.42. The zero-order valence-corrected chi connectivity index (χ0v) is 10.3. The van der Waals surface area contributed by atoms with Gasteiger partial charge in [-0.2, -0.15) is 0 Å². The summed E-state index contributed by atoms with van der Waals surface area (Å²) in [5.74, 6) is 1.02. The molecular formula is C14H19NO2. The molecule has 0 saturated carbocycles. The van der Waals surface area contributed by atoms with Crippen molar-refractivity contribution in [2.45, 2.75) is 38.5 Å². The van der Waals surface area contributed by atoms with E-state index in [0.29, 0.717) is 6.61 Å². The Morgan fingerprint density at radius 3 is 3.18 bits per heavy atom. The van der Waals surface area contributed by atoms with Crippen LogP contribution in [0.25, 0.3) is 0 Å². The van der Waals surface area contributed by atoms with Crippen LogP contribution in [0.15, 0.2) is 18.2 Å². The lowest BCUT2D eigenvalue weighted by atomic mass is 10.0. The van der Waals surface area contributed by atoms with Crippen LogP contribution in [0.3, 0.4) is 0 Å². The van der Waals surface area contributed by atoms with E-state index in [1.807, 2.05) is 0 Å². The van der Waals surface area contributed by atoms with Crippen molar-refractivity contribution >= 4 is 0 Å². The maximum atomic E-state index is 5.97. The first kappa shape index (κ1) is 11.1. The molecule has 1 saturated heterocycles. The maximum absolute atomic E-state index is 5.97.